The lowest BCUT2D eigenvalue weighted by Gasteiger charge is -2.16. The van der Waals surface area contributed by atoms with E-state index in [0.717, 1.165) is 29.7 Å². The van der Waals surface area contributed by atoms with Crippen molar-refractivity contribution in [2.45, 2.75) is 19.9 Å². The van der Waals surface area contributed by atoms with E-state index in [-0.39, 0.29) is 11.0 Å². The van der Waals surface area contributed by atoms with Gasteiger partial charge in [-0.15, -0.1) is 0 Å². The van der Waals surface area contributed by atoms with Crippen LogP contribution in [0.1, 0.15) is 23.7 Å². The van der Waals surface area contributed by atoms with Crippen LogP contribution in [-0.4, -0.2) is 15.6 Å². The fourth-order valence-corrected chi connectivity index (χ4v) is 2.82. The maximum atomic E-state index is 12.5. The topological polar surface area (TPSA) is 59.3 Å². The molecular formula is C19H17NO3. The molecule has 0 saturated heterocycles. The Kier molecular flexibility index (Phi) is 3.98. The van der Waals surface area contributed by atoms with Gasteiger partial charge in [0, 0.05) is 18.0 Å². The predicted octanol–water partition coefficient (Wildman–Crippen LogP) is 3.78. The van der Waals surface area contributed by atoms with Gasteiger partial charge in [0.2, 0.25) is 0 Å². The second-order valence-electron chi connectivity index (χ2n) is 5.45. The minimum atomic E-state index is -1.03. The molecule has 0 aliphatic carbocycles. The van der Waals surface area contributed by atoms with Crippen LogP contribution in [0.4, 0.5) is 0 Å². The Labute approximate surface area is 133 Å². The quantitative estimate of drug-likeness (QED) is 0.798. The first-order valence-corrected chi connectivity index (χ1v) is 7.58. The van der Waals surface area contributed by atoms with E-state index >= 15 is 0 Å². The van der Waals surface area contributed by atoms with Crippen molar-refractivity contribution in [2.75, 3.05) is 0 Å². The largest absolute Gasteiger partial charge is 0.478 e. The van der Waals surface area contributed by atoms with E-state index in [1.54, 1.807) is 18.2 Å². The van der Waals surface area contributed by atoms with Crippen LogP contribution >= 0.6 is 0 Å². The highest BCUT2D eigenvalue weighted by Crippen LogP contribution is 2.23. The van der Waals surface area contributed by atoms with Crippen molar-refractivity contribution < 1.29 is 9.90 Å². The number of rotatable bonds is 4. The van der Waals surface area contributed by atoms with Crippen molar-refractivity contribution in [1.29, 1.82) is 0 Å². The van der Waals surface area contributed by atoms with E-state index in [1.165, 1.54) is 6.07 Å². The Morgan fingerprint density at radius 1 is 1.09 bits per heavy atom. The van der Waals surface area contributed by atoms with Gasteiger partial charge in [-0.05, 0) is 30.2 Å². The normalized spacial score (nSPS) is 10.8. The summed E-state index contributed by atoms with van der Waals surface area (Å²) in [6, 6.07) is 16.1. The number of aryl methyl sites for hydroxylation is 1. The van der Waals surface area contributed by atoms with Crippen LogP contribution in [0.3, 0.4) is 0 Å². The van der Waals surface area contributed by atoms with Gasteiger partial charge in [0.15, 0.2) is 5.43 Å². The smallest absolute Gasteiger partial charge is 0.335 e. The molecule has 116 valence electrons. The van der Waals surface area contributed by atoms with E-state index in [1.807, 2.05) is 30.3 Å². The van der Waals surface area contributed by atoms with Crippen molar-refractivity contribution in [3.8, 4) is 11.3 Å². The van der Waals surface area contributed by atoms with Crippen molar-refractivity contribution in [3.63, 3.8) is 0 Å². The molecule has 23 heavy (non-hydrogen) atoms. The summed E-state index contributed by atoms with van der Waals surface area (Å²) in [4.78, 5) is 23.6. The van der Waals surface area contributed by atoms with Crippen molar-refractivity contribution in [1.82, 2.24) is 4.57 Å². The summed E-state index contributed by atoms with van der Waals surface area (Å²) in [6.07, 6.45) is 0.915. The maximum Gasteiger partial charge on any atom is 0.335 e. The number of carboxylic acid groups (broad SMARTS) is 1. The van der Waals surface area contributed by atoms with Crippen molar-refractivity contribution >= 4 is 16.9 Å². The lowest BCUT2D eigenvalue weighted by molar-refractivity contribution is 0.0697. The van der Waals surface area contributed by atoms with E-state index in [4.69, 9.17) is 5.11 Å². The first-order valence-electron chi connectivity index (χ1n) is 7.58. The van der Waals surface area contributed by atoms with Gasteiger partial charge in [-0.2, -0.15) is 0 Å². The Bertz CT molecular complexity index is 926. The van der Waals surface area contributed by atoms with Crippen LogP contribution in [0.5, 0.6) is 0 Å². The first kappa shape index (κ1) is 15.0. The van der Waals surface area contributed by atoms with Crippen molar-refractivity contribution in [3.05, 3.63) is 70.4 Å². The maximum absolute atomic E-state index is 12.5. The highest BCUT2D eigenvalue weighted by molar-refractivity contribution is 5.94. The van der Waals surface area contributed by atoms with Gasteiger partial charge in [-0.25, -0.2) is 4.79 Å². The number of carbonyl (C=O) groups is 1. The zero-order valence-electron chi connectivity index (χ0n) is 12.8. The summed E-state index contributed by atoms with van der Waals surface area (Å²) in [5, 5.41) is 9.57. The highest BCUT2D eigenvalue weighted by atomic mass is 16.4. The lowest BCUT2D eigenvalue weighted by Crippen LogP contribution is -2.13. The number of nitrogens with zero attached hydrogens (tertiary/aromatic N) is 1. The summed E-state index contributed by atoms with van der Waals surface area (Å²) in [5.41, 5.74) is 2.57. The molecule has 0 spiro atoms. The van der Waals surface area contributed by atoms with Gasteiger partial charge in [0.25, 0.3) is 0 Å². The Morgan fingerprint density at radius 2 is 1.83 bits per heavy atom. The molecule has 0 unspecified atom stereocenters. The molecule has 0 saturated carbocycles. The average molecular weight is 307 g/mol. The van der Waals surface area contributed by atoms with Crippen LogP contribution in [0, 0.1) is 0 Å². The Morgan fingerprint density at radius 3 is 2.48 bits per heavy atom. The zero-order chi connectivity index (χ0) is 16.4. The van der Waals surface area contributed by atoms with E-state index < -0.39 is 5.97 Å². The summed E-state index contributed by atoms with van der Waals surface area (Å²) in [5.74, 6) is -1.03. The highest BCUT2D eigenvalue weighted by Gasteiger charge is 2.12. The minimum absolute atomic E-state index is 0.130. The molecule has 1 N–H and O–H groups in total. The summed E-state index contributed by atoms with van der Waals surface area (Å²) in [7, 11) is 0. The second-order valence-corrected chi connectivity index (χ2v) is 5.45. The summed E-state index contributed by atoms with van der Waals surface area (Å²) >= 11 is 0. The van der Waals surface area contributed by atoms with Crippen LogP contribution in [0.25, 0.3) is 22.2 Å². The van der Waals surface area contributed by atoms with Gasteiger partial charge in [-0.3, -0.25) is 4.79 Å². The number of carboxylic acids is 1. The van der Waals surface area contributed by atoms with Crippen LogP contribution in [-0.2, 0) is 6.54 Å². The van der Waals surface area contributed by atoms with Gasteiger partial charge < -0.3 is 9.67 Å². The predicted molar refractivity (Wildman–Crippen MR) is 90.9 cm³/mol. The SMILES string of the molecule is CCCn1c(-c2ccccc2)cc(=O)c2cc(C(=O)O)ccc21. The molecule has 0 aliphatic heterocycles. The number of hydrogen-bond donors (Lipinski definition) is 1. The van der Waals surface area contributed by atoms with Crippen LogP contribution in [0.15, 0.2) is 59.4 Å². The summed E-state index contributed by atoms with van der Waals surface area (Å²) in [6.45, 7) is 2.83. The molecule has 3 rings (SSSR count). The van der Waals surface area contributed by atoms with Crippen LogP contribution in [0.2, 0.25) is 0 Å². The lowest BCUT2D eigenvalue weighted by atomic mass is 10.1. The molecule has 2 aromatic carbocycles. The average Bonchev–Trinajstić information content (AvgIpc) is 2.57. The molecule has 0 aliphatic rings. The molecule has 0 amide bonds. The fraction of sp³-hybridized carbons (Fsp3) is 0.158. The standard InChI is InChI=1S/C19H17NO3/c1-2-10-20-16-9-8-14(19(22)23)11-15(16)18(21)12-17(20)13-6-4-3-5-7-13/h3-9,11-12H,2,10H2,1H3,(H,22,23). The third kappa shape index (κ3) is 2.75. The Balaban J connectivity index is 2.35. The molecule has 1 aromatic heterocycles. The number of aromatic nitrogens is 1. The molecule has 0 fully saturated rings. The molecule has 4 nitrogen and oxygen atoms in total. The minimum Gasteiger partial charge on any atom is -0.478 e. The van der Waals surface area contributed by atoms with Gasteiger partial charge >= 0.3 is 5.97 Å². The second kappa shape index (κ2) is 6.08. The molecule has 0 atom stereocenters. The van der Waals surface area contributed by atoms with Crippen LogP contribution < -0.4 is 5.43 Å². The monoisotopic (exact) mass is 307 g/mol. The molecular weight excluding hydrogens is 290 g/mol. The van der Waals surface area contributed by atoms with Crippen molar-refractivity contribution in [2.24, 2.45) is 0 Å². The summed E-state index contributed by atoms with van der Waals surface area (Å²) < 4.78 is 2.08. The first-order chi connectivity index (χ1) is 11.1. The van der Waals surface area contributed by atoms with E-state index in [2.05, 4.69) is 11.5 Å². The Hall–Kier alpha value is -2.88. The number of pyridine rings is 1. The molecule has 3 aromatic rings. The molecule has 1 heterocycles. The zero-order valence-corrected chi connectivity index (χ0v) is 12.8. The number of fused-ring (bicyclic) bond motifs is 1. The van der Waals surface area contributed by atoms with E-state index in [0.29, 0.717) is 5.39 Å². The molecule has 0 radical (unpaired) electrons. The number of hydrogen-bond acceptors (Lipinski definition) is 2. The third-order valence-electron chi connectivity index (χ3n) is 3.88. The molecule has 0 bridgehead atoms. The van der Waals surface area contributed by atoms with E-state index in [9.17, 15) is 9.59 Å². The number of aromatic carboxylic acids is 1. The molecule has 4 heteroatoms. The number of benzene rings is 2. The van der Waals surface area contributed by atoms with Gasteiger partial charge in [-0.1, -0.05) is 37.3 Å². The van der Waals surface area contributed by atoms with Gasteiger partial charge in [0.05, 0.1) is 16.8 Å². The fourth-order valence-electron chi connectivity index (χ4n) is 2.82. The van der Waals surface area contributed by atoms with Gasteiger partial charge in [0.1, 0.15) is 0 Å². The third-order valence-corrected chi connectivity index (χ3v) is 3.88.